The molecule has 0 aromatic heterocycles. The fourth-order valence-corrected chi connectivity index (χ4v) is 1.15. The molecule has 0 heterocycles. The summed E-state index contributed by atoms with van der Waals surface area (Å²) in [6.07, 6.45) is 0. The number of nitro groups is 3. The maximum absolute atomic E-state index is 10.5. The van der Waals surface area contributed by atoms with Crippen molar-refractivity contribution in [3.8, 4) is 0 Å². The summed E-state index contributed by atoms with van der Waals surface area (Å²) < 4.78 is 0. The van der Waals surface area contributed by atoms with Crippen LogP contribution in [0.1, 0.15) is 19.4 Å². The van der Waals surface area contributed by atoms with E-state index < -0.39 is 31.8 Å². The standard InChI is InChI=1S/C7H5N3O6.C2H6/c1-4-6(9(13)14)2-5(8(11)12)3-7(4)10(15)16;1-2/h2-3H,1H3;1-2H3. The first-order valence-electron chi connectivity index (χ1n) is 4.92. The highest BCUT2D eigenvalue weighted by molar-refractivity contribution is 5.59. The molecule has 0 aliphatic carbocycles. The van der Waals surface area contributed by atoms with Gasteiger partial charge in [0.2, 0.25) is 0 Å². The zero-order valence-electron chi connectivity index (χ0n) is 9.95. The van der Waals surface area contributed by atoms with Crippen molar-refractivity contribution in [3.63, 3.8) is 0 Å². The number of hydrogen-bond acceptors (Lipinski definition) is 6. The van der Waals surface area contributed by atoms with Crippen LogP contribution in [0.2, 0.25) is 0 Å². The van der Waals surface area contributed by atoms with Crippen LogP contribution in [0.15, 0.2) is 12.1 Å². The largest absolute Gasteiger partial charge is 0.286 e. The maximum atomic E-state index is 10.5. The van der Waals surface area contributed by atoms with Crippen LogP contribution < -0.4 is 0 Å². The van der Waals surface area contributed by atoms with Gasteiger partial charge in [-0.2, -0.15) is 0 Å². The highest BCUT2D eigenvalue weighted by Gasteiger charge is 2.27. The van der Waals surface area contributed by atoms with Crippen molar-refractivity contribution in [3.05, 3.63) is 48.0 Å². The summed E-state index contributed by atoms with van der Waals surface area (Å²) in [5.74, 6) is 0. The molecule has 0 spiro atoms. The van der Waals surface area contributed by atoms with Crippen LogP contribution in [-0.4, -0.2) is 14.8 Å². The third-order valence-electron chi connectivity index (χ3n) is 1.94. The van der Waals surface area contributed by atoms with Crippen molar-refractivity contribution in [1.29, 1.82) is 0 Å². The molecule has 0 atom stereocenters. The molecular weight excluding hydrogens is 246 g/mol. The van der Waals surface area contributed by atoms with E-state index in [9.17, 15) is 30.3 Å². The molecule has 9 nitrogen and oxygen atoms in total. The lowest BCUT2D eigenvalue weighted by Crippen LogP contribution is -2.00. The van der Waals surface area contributed by atoms with Gasteiger partial charge in [-0.25, -0.2) is 0 Å². The number of nitrogens with zero attached hydrogens (tertiary/aromatic N) is 3. The van der Waals surface area contributed by atoms with Crippen LogP contribution in [0, 0.1) is 37.3 Å². The van der Waals surface area contributed by atoms with E-state index in [1.165, 1.54) is 6.92 Å². The average molecular weight is 257 g/mol. The minimum atomic E-state index is -0.917. The smallest absolute Gasteiger partial charge is 0.258 e. The fourth-order valence-electron chi connectivity index (χ4n) is 1.15. The Kier molecular flexibility index (Phi) is 5.34. The van der Waals surface area contributed by atoms with Crippen molar-refractivity contribution >= 4 is 17.1 Å². The highest BCUT2D eigenvalue weighted by atomic mass is 16.6. The van der Waals surface area contributed by atoms with Crippen LogP contribution in [0.5, 0.6) is 0 Å². The lowest BCUT2D eigenvalue weighted by atomic mass is 10.1. The van der Waals surface area contributed by atoms with Crippen LogP contribution in [0.25, 0.3) is 0 Å². The summed E-state index contributed by atoms with van der Waals surface area (Å²) in [5, 5.41) is 31.5. The van der Waals surface area contributed by atoms with Crippen molar-refractivity contribution in [2.45, 2.75) is 20.8 Å². The van der Waals surface area contributed by atoms with E-state index in [1.54, 1.807) is 0 Å². The molecule has 98 valence electrons. The van der Waals surface area contributed by atoms with E-state index in [1.807, 2.05) is 13.8 Å². The quantitative estimate of drug-likeness (QED) is 0.604. The van der Waals surface area contributed by atoms with E-state index in [0.717, 1.165) is 0 Å². The lowest BCUT2D eigenvalue weighted by Gasteiger charge is -1.99. The Hall–Kier alpha value is -2.58. The second kappa shape index (κ2) is 6.23. The minimum Gasteiger partial charge on any atom is -0.258 e. The van der Waals surface area contributed by atoms with Crippen LogP contribution in [0.4, 0.5) is 17.1 Å². The first kappa shape index (κ1) is 15.4. The monoisotopic (exact) mass is 257 g/mol. The number of non-ortho nitro benzene ring substituents is 1. The Labute approximate surface area is 101 Å². The van der Waals surface area contributed by atoms with Crippen LogP contribution in [-0.2, 0) is 0 Å². The highest BCUT2D eigenvalue weighted by Crippen LogP contribution is 2.32. The zero-order valence-corrected chi connectivity index (χ0v) is 9.95. The zero-order chi connectivity index (χ0) is 14.5. The summed E-state index contributed by atoms with van der Waals surface area (Å²) in [5.41, 5.74) is -2.16. The number of hydrogen-bond donors (Lipinski definition) is 0. The minimum absolute atomic E-state index is 0.208. The molecule has 18 heavy (non-hydrogen) atoms. The molecule has 0 saturated carbocycles. The van der Waals surface area contributed by atoms with Crippen LogP contribution >= 0.6 is 0 Å². The van der Waals surface area contributed by atoms with Crippen molar-refractivity contribution in [2.24, 2.45) is 0 Å². The molecule has 0 bridgehead atoms. The molecule has 0 N–H and O–H groups in total. The summed E-state index contributed by atoms with van der Waals surface area (Å²) in [4.78, 5) is 28.8. The maximum Gasteiger partial charge on any atom is 0.286 e. The van der Waals surface area contributed by atoms with E-state index in [4.69, 9.17) is 0 Å². The van der Waals surface area contributed by atoms with Gasteiger partial charge in [0, 0.05) is 0 Å². The normalized spacial score (nSPS) is 9.06. The SMILES string of the molecule is CC.Cc1c([N+](=O)[O-])cc([N+](=O)[O-])cc1[N+](=O)[O-]. The summed E-state index contributed by atoms with van der Waals surface area (Å²) in [6.45, 7) is 5.17. The third-order valence-corrected chi connectivity index (χ3v) is 1.94. The molecule has 1 aromatic rings. The van der Waals surface area contributed by atoms with Gasteiger partial charge in [0.1, 0.15) is 5.56 Å². The molecule has 0 saturated heterocycles. The van der Waals surface area contributed by atoms with Gasteiger partial charge in [0.25, 0.3) is 17.1 Å². The molecule has 0 radical (unpaired) electrons. The average Bonchev–Trinajstić information content (AvgIpc) is 2.30. The van der Waals surface area contributed by atoms with E-state index in [2.05, 4.69) is 0 Å². The number of benzene rings is 1. The van der Waals surface area contributed by atoms with Gasteiger partial charge < -0.3 is 0 Å². The van der Waals surface area contributed by atoms with Crippen molar-refractivity contribution < 1.29 is 14.8 Å². The first-order valence-corrected chi connectivity index (χ1v) is 4.92. The molecule has 0 aliphatic rings. The second-order valence-corrected chi connectivity index (χ2v) is 2.88. The van der Waals surface area contributed by atoms with Gasteiger partial charge in [0.15, 0.2) is 0 Å². The van der Waals surface area contributed by atoms with E-state index in [-0.39, 0.29) is 5.56 Å². The van der Waals surface area contributed by atoms with Gasteiger partial charge in [0.05, 0.1) is 26.9 Å². The Morgan fingerprint density at radius 2 is 1.17 bits per heavy atom. The molecule has 1 aromatic carbocycles. The van der Waals surface area contributed by atoms with Gasteiger partial charge >= 0.3 is 0 Å². The van der Waals surface area contributed by atoms with Gasteiger partial charge in [-0.05, 0) is 6.92 Å². The molecule has 0 aliphatic heterocycles. The predicted octanol–water partition coefficient (Wildman–Crippen LogP) is 2.75. The predicted molar refractivity (Wildman–Crippen MR) is 62.5 cm³/mol. The molecule has 0 amide bonds. The summed E-state index contributed by atoms with van der Waals surface area (Å²) in [7, 11) is 0. The topological polar surface area (TPSA) is 129 Å². The van der Waals surface area contributed by atoms with Gasteiger partial charge in [-0.15, -0.1) is 0 Å². The Bertz CT molecular complexity index is 464. The number of nitro benzene ring substituents is 3. The van der Waals surface area contributed by atoms with E-state index >= 15 is 0 Å². The van der Waals surface area contributed by atoms with Crippen molar-refractivity contribution in [1.82, 2.24) is 0 Å². The van der Waals surface area contributed by atoms with Crippen LogP contribution in [0.3, 0.4) is 0 Å². The van der Waals surface area contributed by atoms with E-state index in [0.29, 0.717) is 12.1 Å². The first-order chi connectivity index (χ1) is 8.34. The molecule has 0 unspecified atom stereocenters. The third kappa shape index (κ3) is 3.20. The molecular formula is C9H11N3O6. The summed E-state index contributed by atoms with van der Waals surface area (Å²) in [6, 6.07) is 1.39. The Balaban J connectivity index is 0.00000137. The Morgan fingerprint density at radius 1 is 0.833 bits per heavy atom. The molecule has 0 fully saturated rings. The summed E-state index contributed by atoms with van der Waals surface area (Å²) >= 11 is 0. The molecule has 1 rings (SSSR count). The van der Waals surface area contributed by atoms with Gasteiger partial charge in [-0.1, -0.05) is 13.8 Å². The second-order valence-electron chi connectivity index (χ2n) is 2.88. The Morgan fingerprint density at radius 3 is 1.39 bits per heavy atom. The van der Waals surface area contributed by atoms with Gasteiger partial charge in [-0.3, -0.25) is 30.3 Å². The molecule has 9 heteroatoms. The lowest BCUT2D eigenvalue weighted by molar-refractivity contribution is -0.403. The fraction of sp³-hybridized carbons (Fsp3) is 0.333. The number of rotatable bonds is 3. The van der Waals surface area contributed by atoms with Crippen molar-refractivity contribution in [2.75, 3.05) is 0 Å².